The molecule has 0 bridgehead atoms. The van der Waals surface area contributed by atoms with Crippen molar-refractivity contribution in [3.63, 3.8) is 0 Å². The van der Waals surface area contributed by atoms with Gasteiger partial charge in [0.15, 0.2) is 11.5 Å². The van der Waals surface area contributed by atoms with Crippen molar-refractivity contribution in [1.82, 2.24) is 5.32 Å². The molecule has 0 spiro atoms. The smallest absolute Gasteiger partial charge is 0.161 e. The highest BCUT2D eigenvalue weighted by molar-refractivity contribution is 5.39. The summed E-state index contributed by atoms with van der Waals surface area (Å²) in [5.74, 6) is 1.45. The number of para-hydroxylation sites is 2. The first-order valence-electron chi connectivity index (χ1n) is 5.21. The molecule has 89 valence electrons. The summed E-state index contributed by atoms with van der Waals surface area (Å²) in [6.07, 6.45) is -0.578. The van der Waals surface area contributed by atoms with Crippen LogP contribution in [0.5, 0.6) is 11.5 Å². The van der Waals surface area contributed by atoms with Crippen LogP contribution in [0.2, 0.25) is 0 Å². The van der Waals surface area contributed by atoms with Crippen molar-refractivity contribution < 1.29 is 14.6 Å². The lowest BCUT2D eigenvalue weighted by molar-refractivity contribution is 0.211. The van der Waals surface area contributed by atoms with Gasteiger partial charge in [0.25, 0.3) is 0 Å². The first-order valence-corrected chi connectivity index (χ1v) is 5.21. The molecule has 0 saturated carbocycles. The molecule has 1 radical (unpaired) electrons. The van der Waals surface area contributed by atoms with Crippen LogP contribution in [-0.2, 0) is 0 Å². The van der Waals surface area contributed by atoms with Crippen LogP contribution in [0.4, 0.5) is 0 Å². The summed E-state index contributed by atoms with van der Waals surface area (Å²) in [6, 6.07) is 7.49. The number of aliphatic hydroxyl groups is 1. The average molecular weight is 224 g/mol. The van der Waals surface area contributed by atoms with Crippen LogP contribution in [0.25, 0.3) is 0 Å². The molecule has 0 amide bonds. The number of hydrogen-bond donors (Lipinski definition) is 2. The quantitative estimate of drug-likeness (QED) is 0.674. The highest BCUT2D eigenvalue weighted by Crippen LogP contribution is 2.25. The van der Waals surface area contributed by atoms with Crippen molar-refractivity contribution in [2.45, 2.75) is 6.10 Å². The first-order chi connectivity index (χ1) is 7.74. The van der Waals surface area contributed by atoms with Crippen LogP contribution >= 0.6 is 0 Å². The van der Waals surface area contributed by atoms with E-state index in [0.29, 0.717) is 19.7 Å². The molecule has 0 heterocycles. The molecule has 2 N–H and O–H groups in total. The molecule has 0 aromatic heterocycles. The lowest BCUT2D eigenvalue weighted by atomic mass is 10.3. The van der Waals surface area contributed by atoms with Gasteiger partial charge in [0.2, 0.25) is 0 Å². The number of rotatable bonds is 7. The van der Waals surface area contributed by atoms with Gasteiger partial charge >= 0.3 is 0 Å². The average Bonchev–Trinajstić information content (AvgIpc) is 2.29. The number of ether oxygens (including phenoxy) is 2. The van der Waals surface area contributed by atoms with Crippen LogP contribution in [0.3, 0.4) is 0 Å². The highest BCUT2D eigenvalue weighted by atomic mass is 16.5. The predicted molar refractivity (Wildman–Crippen MR) is 62.7 cm³/mol. The number of aliphatic hydroxyl groups excluding tert-OH is 1. The van der Waals surface area contributed by atoms with Crippen LogP contribution in [0.1, 0.15) is 0 Å². The second-order valence-electron chi connectivity index (χ2n) is 3.36. The summed E-state index contributed by atoms with van der Waals surface area (Å²) in [5, 5.41) is 11.9. The zero-order chi connectivity index (χ0) is 11.8. The topological polar surface area (TPSA) is 50.7 Å². The minimum Gasteiger partial charge on any atom is -0.493 e. The van der Waals surface area contributed by atoms with E-state index in [2.05, 4.69) is 12.2 Å². The third-order valence-electron chi connectivity index (χ3n) is 1.99. The summed E-state index contributed by atoms with van der Waals surface area (Å²) < 4.78 is 10.7. The molecule has 1 rings (SSSR count). The predicted octanol–water partition coefficient (Wildman–Crippen LogP) is 0.859. The van der Waals surface area contributed by atoms with Gasteiger partial charge in [0.05, 0.1) is 13.2 Å². The van der Waals surface area contributed by atoms with Gasteiger partial charge in [0, 0.05) is 13.1 Å². The Morgan fingerprint density at radius 1 is 1.38 bits per heavy atom. The van der Waals surface area contributed by atoms with E-state index < -0.39 is 6.10 Å². The van der Waals surface area contributed by atoms with Crippen LogP contribution < -0.4 is 14.8 Å². The number of hydrogen-bond acceptors (Lipinski definition) is 4. The van der Waals surface area contributed by atoms with Crippen LogP contribution in [0, 0.1) is 6.92 Å². The third-order valence-corrected chi connectivity index (χ3v) is 1.99. The van der Waals surface area contributed by atoms with Gasteiger partial charge in [-0.25, -0.2) is 0 Å². The van der Waals surface area contributed by atoms with E-state index in [1.165, 1.54) is 0 Å². The fourth-order valence-corrected chi connectivity index (χ4v) is 1.24. The molecular weight excluding hydrogens is 206 g/mol. The SMILES string of the molecule is [CH2]C(O)CNCCOc1ccccc1OC. The van der Waals surface area contributed by atoms with Crippen molar-refractivity contribution in [1.29, 1.82) is 0 Å². The minimum absolute atomic E-state index is 0.468. The standard InChI is InChI=1S/C12H18NO3/c1-10(14)9-13-7-8-16-12-6-4-3-5-11(12)15-2/h3-6,10,13-14H,1,7-9H2,2H3. The van der Waals surface area contributed by atoms with E-state index in [1.54, 1.807) is 7.11 Å². The highest BCUT2D eigenvalue weighted by Gasteiger charge is 2.01. The number of benzene rings is 1. The maximum Gasteiger partial charge on any atom is 0.161 e. The zero-order valence-electron chi connectivity index (χ0n) is 9.48. The fourth-order valence-electron chi connectivity index (χ4n) is 1.24. The van der Waals surface area contributed by atoms with Crippen molar-refractivity contribution in [2.24, 2.45) is 0 Å². The lowest BCUT2D eigenvalue weighted by Gasteiger charge is -2.11. The van der Waals surface area contributed by atoms with Gasteiger partial charge in [-0.1, -0.05) is 12.1 Å². The van der Waals surface area contributed by atoms with E-state index in [9.17, 15) is 0 Å². The molecule has 0 aliphatic heterocycles. The van der Waals surface area contributed by atoms with Gasteiger partial charge in [-0.2, -0.15) is 0 Å². The second-order valence-corrected chi connectivity index (χ2v) is 3.36. The Kier molecular flexibility index (Phi) is 5.67. The van der Waals surface area contributed by atoms with Gasteiger partial charge in [0.1, 0.15) is 6.61 Å². The Hall–Kier alpha value is -1.26. The van der Waals surface area contributed by atoms with Crippen molar-refractivity contribution in [3.8, 4) is 11.5 Å². The monoisotopic (exact) mass is 224 g/mol. The lowest BCUT2D eigenvalue weighted by Crippen LogP contribution is -2.28. The Morgan fingerprint density at radius 3 is 2.69 bits per heavy atom. The summed E-state index contributed by atoms with van der Waals surface area (Å²) in [4.78, 5) is 0. The van der Waals surface area contributed by atoms with Crippen LogP contribution in [-0.4, -0.2) is 38.0 Å². The molecule has 4 nitrogen and oxygen atoms in total. The van der Waals surface area contributed by atoms with Crippen molar-refractivity contribution in [3.05, 3.63) is 31.2 Å². The van der Waals surface area contributed by atoms with E-state index in [1.807, 2.05) is 24.3 Å². The summed E-state index contributed by atoms with van der Waals surface area (Å²) in [5.41, 5.74) is 0. The Balaban J connectivity index is 2.26. The molecule has 4 heteroatoms. The Bertz CT molecular complexity index is 302. The maximum atomic E-state index is 8.92. The maximum absolute atomic E-state index is 8.92. The van der Waals surface area contributed by atoms with E-state index in [4.69, 9.17) is 14.6 Å². The largest absolute Gasteiger partial charge is 0.493 e. The molecule has 0 aliphatic carbocycles. The molecule has 1 aromatic carbocycles. The van der Waals surface area contributed by atoms with Gasteiger partial charge in [-0.05, 0) is 19.1 Å². The summed E-state index contributed by atoms with van der Waals surface area (Å²) in [6.45, 7) is 5.10. The minimum atomic E-state index is -0.578. The van der Waals surface area contributed by atoms with E-state index in [-0.39, 0.29) is 0 Å². The van der Waals surface area contributed by atoms with E-state index in [0.717, 1.165) is 11.5 Å². The Labute approximate surface area is 96.2 Å². The fraction of sp³-hybridized carbons (Fsp3) is 0.417. The molecule has 16 heavy (non-hydrogen) atoms. The molecule has 0 saturated heterocycles. The Morgan fingerprint density at radius 2 is 2.06 bits per heavy atom. The normalized spacial score (nSPS) is 12.2. The van der Waals surface area contributed by atoms with Gasteiger partial charge in [-0.15, -0.1) is 0 Å². The molecule has 0 aliphatic rings. The first kappa shape index (κ1) is 12.8. The number of methoxy groups -OCH3 is 1. The third kappa shape index (κ3) is 4.51. The van der Waals surface area contributed by atoms with Crippen molar-refractivity contribution in [2.75, 3.05) is 26.8 Å². The summed E-state index contributed by atoms with van der Waals surface area (Å²) >= 11 is 0. The summed E-state index contributed by atoms with van der Waals surface area (Å²) in [7, 11) is 1.61. The molecule has 0 fully saturated rings. The molecule has 1 unspecified atom stereocenters. The van der Waals surface area contributed by atoms with Gasteiger partial charge < -0.3 is 19.9 Å². The second kappa shape index (κ2) is 7.09. The molecule has 1 aromatic rings. The molecular formula is C12H18NO3. The van der Waals surface area contributed by atoms with E-state index >= 15 is 0 Å². The zero-order valence-corrected chi connectivity index (χ0v) is 9.48. The van der Waals surface area contributed by atoms with Crippen LogP contribution in [0.15, 0.2) is 24.3 Å². The molecule has 1 atom stereocenters. The van der Waals surface area contributed by atoms with Crippen molar-refractivity contribution >= 4 is 0 Å². The number of nitrogens with one attached hydrogen (secondary N) is 1. The van der Waals surface area contributed by atoms with Gasteiger partial charge in [-0.3, -0.25) is 0 Å².